The third-order valence-electron chi connectivity index (χ3n) is 4.75. The van der Waals surface area contributed by atoms with Gasteiger partial charge in [-0.3, -0.25) is 0 Å². The van der Waals surface area contributed by atoms with Crippen LogP contribution in [0.3, 0.4) is 0 Å². The first-order valence-corrected chi connectivity index (χ1v) is 10.2. The fourth-order valence-corrected chi connectivity index (χ4v) is 3.06. The zero-order chi connectivity index (χ0) is 20.2. The van der Waals surface area contributed by atoms with Gasteiger partial charge in [0.25, 0.3) is 0 Å². The molecule has 0 saturated heterocycles. The van der Waals surface area contributed by atoms with Gasteiger partial charge in [-0.15, -0.1) is 0 Å². The number of unbranched alkanes of at least 4 members (excludes halogenated alkanes) is 4. The van der Waals surface area contributed by atoms with Gasteiger partial charge in [0.2, 0.25) is 0 Å². The summed E-state index contributed by atoms with van der Waals surface area (Å²) in [7, 11) is 0. The van der Waals surface area contributed by atoms with E-state index in [1.165, 1.54) is 31.2 Å². The van der Waals surface area contributed by atoms with Gasteiger partial charge >= 0.3 is 6.18 Å². The molecule has 0 unspecified atom stereocenters. The second kappa shape index (κ2) is 11.6. The standard InChI is InChI=1S/C25H29F3/c1-2-3-4-5-8-21-10-14-23(15-11-21)18-19-24-16-12-22(13-17-24)9-6-7-20-25(26,27)28/h10-17H,2-9,20H2,1H3. The van der Waals surface area contributed by atoms with Gasteiger partial charge in [-0.1, -0.05) is 62.3 Å². The van der Waals surface area contributed by atoms with Gasteiger partial charge in [-0.2, -0.15) is 13.2 Å². The number of hydrogen-bond donors (Lipinski definition) is 0. The van der Waals surface area contributed by atoms with Crippen LogP contribution in [-0.4, -0.2) is 6.18 Å². The van der Waals surface area contributed by atoms with E-state index in [0.29, 0.717) is 12.8 Å². The zero-order valence-corrected chi connectivity index (χ0v) is 16.6. The van der Waals surface area contributed by atoms with Crippen molar-refractivity contribution in [2.24, 2.45) is 0 Å². The van der Waals surface area contributed by atoms with Gasteiger partial charge in [0, 0.05) is 17.5 Å². The van der Waals surface area contributed by atoms with Crippen LogP contribution < -0.4 is 0 Å². The Labute approximate surface area is 167 Å². The van der Waals surface area contributed by atoms with E-state index in [2.05, 4.69) is 43.0 Å². The normalized spacial score (nSPS) is 11.1. The molecule has 2 rings (SSSR count). The molecule has 0 saturated carbocycles. The predicted octanol–water partition coefficient (Wildman–Crippen LogP) is 7.48. The molecule has 0 bridgehead atoms. The molecule has 0 nitrogen and oxygen atoms in total. The molecule has 0 aliphatic heterocycles. The third kappa shape index (κ3) is 9.13. The van der Waals surface area contributed by atoms with Gasteiger partial charge in [-0.25, -0.2) is 0 Å². The zero-order valence-electron chi connectivity index (χ0n) is 16.6. The molecule has 0 spiro atoms. The number of rotatable bonds is 9. The summed E-state index contributed by atoms with van der Waals surface area (Å²) < 4.78 is 36.4. The van der Waals surface area contributed by atoms with E-state index in [0.717, 1.165) is 23.1 Å². The minimum absolute atomic E-state index is 0.180. The summed E-state index contributed by atoms with van der Waals surface area (Å²) in [6.07, 6.45) is 2.86. The Morgan fingerprint density at radius 1 is 0.643 bits per heavy atom. The van der Waals surface area contributed by atoms with E-state index in [-0.39, 0.29) is 6.42 Å². The Balaban J connectivity index is 1.80. The fourth-order valence-electron chi connectivity index (χ4n) is 3.06. The molecule has 0 N–H and O–H groups in total. The summed E-state index contributed by atoms with van der Waals surface area (Å²) in [6, 6.07) is 16.2. The highest BCUT2D eigenvalue weighted by Gasteiger charge is 2.25. The first-order valence-electron chi connectivity index (χ1n) is 10.2. The van der Waals surface area contributed by atoms with E-state index in [9.17, 15) is 13.2 Å². The molecule has 2 aromatic carbocycles. The van der Waals surface area contributed by atoms with Crippen molar-refractivity contribution in [3.63, 3.8) is 0 Å². The number of alkyl halides is 3. The minimum atomic E-state index is -4.05. The molecule has 0 aromatic heterocycles. The van der Waals surface area contributed by atoms with Crippen LogP contribution in [-0.2, 0) is 12.8 Å². The Kier molecular flexibility index (Phi) is 9.14. The molecule has 0 heterocycles. The lowest BCUT2D eigenvalue weighted by Crippen LogP contribution is -2.06. The van der Waals surface area contributed by atoms with Gasteiger partial charge in [0.05, 0.1) is 0 Å². The van der Waals surface area contributed by atoms with Crippen LogP contribution >= 0.6 is 0 Å². The lowest BCUT2D eigenvalue weighted by atomic mass is 10.0. The molecule has 3 heteroatoms. The molecular formula is C25H29F3. The van der Waals surface area contributed by atoms with Crippen molar-refractivity contribution in [1.82, 2.24) is 0 Å². The number of halogens is 3. The topological polar surface area (TPSA) is 0 Å². The van der Waals surface area contributed by atoms with Gasteiger partial charge in [0.15, 0.2) is 0 Å². The SMILES string of the molecule is CCCCCCc1ccc(C#Cc2ccc(CCCCC(F)(F)F)cc2)cc1. The summed E-state index contributed by atoms with van der Waals surface area (Å²) in [5.74, 6) is 6.33. The molecule has 0 fully saturated rings. The van der Waals surface area contributed by atoms with Crippen molar-refractivity contribution >= 4 is 0 Å². The summed E-state index contributed by atoms with van der Waals surface area (Å²) in [4.78, 5) is 0. The lowest BCUT2D eigenvalue weighted by Gasteiger charge is -2.05. The van der Waals surface area contributed by atoms with Crippen LogP contribution in [0.25, 0.3) is 0 Å². The highest BCUT2D eigenvalue weighted by atomic mass is 19.4. The van der Waals surface area contributed by atoms with Crippen LogP contribution in [0.5, 0.6) is 0 Å². The van der Waals surface area contributed by atoms with Crippen LogP contribution in [0.1, 0.15) is 74.1 Å². The smallest absolute Gasteiger partial charge is 0.171 e. The van der Waals surface area contributed by atoms with Crippen molar-refractivity contribution in [3.8, 4) is 11.8 Å². The van der Waals surface area contributed by atoms with Crippen molar-refractivity contribution in [3.05, 3.63) is 70.8 Å². The number of hydrogen-bond acceptors (Lipinski definition) is 0. The van der Waals surface area contributed by atoms with E-state index in [4.69, 9.17) is 0 Å². The summed E-state index contributed by atoms with van der Waals surface area (Å²) in [5.41, 5.74) is 4.33. The van der Waals surface area contributed by atoms with Crippen LogP contribution in [0.4, 0.5) is 13.2 Å². The Morgan fingerprint density at radius 3 is 1.54 bits per heavy atom. The van der Waals surface area contributed by atoms with E-state index in [1.807, 2.05) is 24.3 Å². The van der Waals surface area contributed by atoms with Crippen molar-refractivity contribution in [2.75, 3.05) is 0 Å². The Morgan fingerprint density at radius 2 is 1.11 bits per heavy atom. The average Bonchev–Trinajstić information content (AvgIpc) is 2.68. The van der Waals surface area contributed by atoms with Crippen LogP contribution in [0.15, 0.2) is 48.5 Å². The van der Waals surface area contributed by atoms with E-state index in [1.54, 1.807) is 0 Å². The van der Waals surface area contributed by atoms with Gasteiger partial charge < -0.3 is 0 Å². The van der Waals surface area contributed by atoms with E-state index < -0.39 is 12.6 Å². The minimum Gasteiger partial charge on any atom is -0.171 e. The second-order valence-corrected chi connectivity index (χ2v) is 7.28. The molecular weight excluding hydrogens is 357 g/mol. The molecule has 2 aromatic rings. The second-order valence-electron chi connectivity index (χ2n) is 7.28. The predicted molar refractivity (Wildman–Crippen MR) is 110 cm³/mol. The van der Waals surface area contributed by atoms with Gasteiger partial charge in [0.1, 0.15) is 0 Å². The van der Waals surface area contributed by atoms with Crippen molar-refractivity contribution in [1.29, 1.82) is 0 Å². The highest BCUT2D eigenvalue weighted by Crippen LogP contribution is 2.22. The van der Waals surface area contributed by atoms with Gasteiger partial charge in [-0.05, 0) is 67.5 Å². The van der Waals surface area contributed by atoms with Crippen LogP contribution in [0.2, 0.25) is 0 Å². The summed E-state index contributed by atoms with van der Waals surface area (Å²) >= 11 is 0. The number of aryl methyl sites for hydroxylation is 2. The third-order valence-corrected chi connectivity index (χ3v) is 4.75. The molecule has 150 valence electrons. The summed E-state index contributed by atoms with van der Waals surface area (Å²) in [6.45, 7) is 2.22. The molecule has 0 amide bonds. The fraction of sp³-hybridized carbons (Fsp3) is 0.440. The molecule has 0 aliphatic rings. The maximum atomic E-state index is 12.1. The molecule has 28 heavy (non-hydrogen) atoms. The Hall–Kier alpha value is -2.21. The molecule has 0 atom stereocenters. The largest absolute Gasteiger partial charge is 0.389 e. The number of benzene rings is 2. The van der Waals surface area contributed by atoms with Crippen molar-refractivity contribution in [2.45, 2.75) is 70.9 Å². The summed E-state index contributed by atoms with van der Waals surface area (Å²) in [5, 5.41) is 0. The average molecular weight is 387 g/mol. The van der Waals surface area contributed by atoms with Crippen molar-refractivity contribution < 1.29 is 13.2 Å². The first-order chi connectivity index (χ1) is 13.5. The molecule has 0 aliphatic carbocycles. The Bertz CT molecular complexity index is 744. The molecule has 0 radical (unpaired) electrons. The maximum Gasteiger partial charge on any atom is 0.389 e. The maximum absolute atomic E-state index is 12.1. The lowest BCUT2D eigenvalue weighted by molar-refractivity contribution is -0.135. The first kappa shape index (κ1) is 22.1. The van der Waals surface area contributed by atoms with E-state index >= 15 is 0 Å². The monoisotopic (exact) mass is 386 g/mol. The quantitative estimate of drug-likeness (QED) is 0.309. The van der Waals surface area contributed by atoms with Crippen LogP contribution in [0, 0.1) is 11.8 Å². The highest BCUT2D eigenvalue weighted by molar-refractivity contribution is 5.44.